The van der Waals surface area contributed by atoms with E-state index in [9.17, 15) is 4.39 Å². The molecule has 0 atom stereocenters. The third kappa shape index (κ3) is 4.44. The molecule has 1 heterocycles. The van der Waals surface area contributed by atoms with E-state index in [4.69, 9.17) is 0 Å². The number of rotatable bonds is 6. The van der Waals surface area contributed by atoms with Crippen LogP contribution in [-0.2, 0) is 6.54 Å². The maximum absolute atomic E-state index is 14.6. The van der Waals surface area contributed by atoms with Crippen molar-refractivity contribution < 1.29 is 4.39 Å². The Balaban J connectivity index is 2.94. The maximum atomic E-state index is 14.6. The van der Waals surface area contributed by atoms with Gasteiger partial charge >= 0.3 is 0 Å². The van der Waals surface area contributed by atoms with E-state index in [1.165, 1.54) is 0 Å². The van der Waals surface area contributed by atoms with Crippen LogP contribution in [0, 0.1) is 5.82 Å². The number of hydrogen-bond donors (Lipinski definition) is 1. The van der Waals surface area contributed by atoms with Crippen LogP contribution in [0.15, 0.2) is 12.3 Å². The molecule has 0 unspecified atom stereocenters. The van der Waals surface area contributed by atoms with Crippen LogP contribution >= 0.6 is 0 Å². The van der Waals surface area contributed by atoms with Gasteiger partial charge in [0.1, 0.15) is 0 Å². The van der Waals surface area contributed by atoms with E-state index in [0.717, 1.165) is 12.8 Å². The van der Waals surface area contributed by atoms with Crippen LogP contribution in [0.3, 0.4) is 0 Å². The molecule has 0 spiro atoms. The van der Waals surface area contributed by atoms with Crippen molar-refractivity contribution in [3.05, 3.63) is 23.6 Å². The summed E-state index contributed by atoms with van der Waals surface area (Å²) in [6.07, 6.45) is 3.66. The minimum Gasteiger partial charge on any atom is -0.354 e. The van der Waals surface area contributed by atoms with Gasteiger partial charge in [-0.1, -0.05) is 13.8 Å². The summed E-state index contributed by atoms with van der Waals surface area (Å²) in [7, 11) is 1.92. The molecule has 3 nitrogen and oxygen atoms in total. The maximum Gasteiger partial charge on any atom is 0.170 e. The van der Waals surface area contributed by atoms with Gasteiger partial charge in [0.15, 0.2) is 11.6 Å². The number of pyridine rings is 1. The Kier molecular flexibility index (Phi) is 5.93. The molecule has 114 valence electrons. The fraction of sp³-hybridized carbons (Fsp3) is 0.688. The lowest BCUT2D eigenvalue weighted by Gasteiger charge is -2.28. The van der Waals surface area contributed by atoms with Gasteiger partial charge in [0.05, 0.1) is 0 Å². The molecule has 0 bridgehead atoms. The molecular formula is C16H28FN3. The molecular weight excluding hydrogens is 253 g/mol. The van der Waals surface area contributed by atoms with Crippen LogP contribution < -0.4 is 10.2 Å². The second kappa shape index (κ2) is 7.02. The predicted molar refractivity (Wildman–Crippen MR) is 83.6 cm³/mol. The molecule has 0 aliphatic rings. The van der Waals surface area contributed by atoms with Crippen LogP contribution in [-0.4, -0.2) is 23.6 Å². The van der Waals surface area contributed by atoms with Crippen molar-refractivity contribution in [2.75, 3.05) is 11.9 Å². The van der Waals surface area contributed by atoms with Gasteiger partial charge < -0.3 is 10.2 Å². The van der Waals surface area contributed by atoms with E-state index >= 15 is 0 Å². The first-order valence-electron chi connectivity index (χ1n) is 7.41. The number of nitrogens with zero attached hydrogens (tertiary/aromatic N) is 2. The van der Waals surface area contributed by atoms with E-state index in [1.54, 1.807) is 12.3 Å². The molecule has 0 saturated carbocycles. The fourth-order valence-electron chi connectivity index (χ4n) is 2.22. The Bertz CT molecular complexity index is 422. The summed E-state index contributed by atoms with van der Waals surface area (Å²) < 4.78 is 14.6. The Morgan fingerprint density at radius 2 is 1.90 bits per heavy atom. The average Bonchev–Trinajstić information content (AvgIpc) is 2.37. The van der Waals surface area contributed by atoms with Gasteiger partial charge in [0.2, 0.25) is 0 Å². The molecule has 4 heteroatoms. The molecule has 0 aromatic carbocycles. The molecule has 0 fully saturated rings. The summed E-state index contributed by atoms with van der Waals surface area (Å²) in [5.41, 5.74) is 0.639. The fourth-order valence-corrected chi connectivity index (χ4v) is 2.22. The normalized spacial score (nSPS) is 12.0. The zero-order chi connectivity index (χ0) is 15.3. The van der Waals surface area contributed by atoms with Crippen molar-refractivity contribution in [1.82, 2.24) is 10.3 Å². The lowest BCUT2D eigenvalue weighted by molar-refractivity contribution is 0.418. The largest absolute Gasteiger partial charge is 0.354 e. The smallest absolute Gasteiger partial charge is 0.170 e. The topological polar surface area (TPSA) is 28.2 Å². The van der Waals surface area contributed by atoms with Gasteiger partial charge in [0.25, 0.3) is 0 Å². The Morgan fingerprint density at radius 1 is 1.30 bits per heavy atom. The number of aromatic nitrogens is 1. The highest BCUT2D eigenvalue weighted by molar-refractivity contribution is 5.43. The Morgan fingerprint density at radius 3 is 2.40 bits per heavy atom. The zero-order valence-corrected chi connectivity index (χ0v) is 13.6. The van der Waals surface area contributed by atoms with E-state index in [0.29, 0.717) is 24.0 Å². The summed E-state index contributed by atoms with van der Waals surface area (Å²) in [6, 6.07) is 2.07. The van der Waals surface area contributed by atoms with Gasteiger partial charge in [-0.25, -0.2) is 9.37 Å². The lowest BCUT2D eigenvalue weighted by atomic mass is 10.1. The Hall–Kier alpha value is -1.16. The third-order valence-electron chi connectivity index (χ3n) is 3.58. The van der Waals surface area contributed by atoms with Crippen molar-refractivity contribution in [2.24, 2.45) is 0 Å². The molecule has 1 aromatic rings. The standard InChI is InChI=1S/C16H28FN3/c1-7-13(8-2)20(6)15-14(17)12(9-10-18-15)11-19-16(3,4)5/h9-10,13,19H,7-8,11H2,1-6H3. The van der Waals surface area contributed by atoms with Gasteiger partial charge in [-0.05, 0) is 39.7 Å². The van der Waals surface area contributed by atoms with Gasteiger partial charge in [0, 0.05) is 36.9 Å². The molecule has 0 saturated heterocycles. The molecule has 1 N–H and O–H groups in total. The molecule has 1 rings (SSSR count). The zero-order valence-electron chi connectivity index (χ0n) is 13.6. The average molecular weight is 281 g/mol. The van der Waals surface area contributed by atoms with Crippen molar-refractivity contribution in [2.45, 2.75) is 65.6 Å². The van der Waals surface area contributed by atoms with Gasteiger partial charge in [-0.15, -0.1) is 0 Å². The van der Waals surface area contributed by atoms with Crippen molar-refractivity contribution >= 4 is 5.82 Å². The van der Waals surface area contributed by atoms with Crippen LogP contribution in [0.5, 0.6) is 0 Å². The third-order valence-corrected chi connectivity index (χ3v) is 3.58. The first-order valence-corrected chi connectivity index (χ1v) is 7.41. The highest BCUT2D eigenvalue weighted by Crippen LogP contribution is 2.22. The number of anilines is 1. The highest BCUT2D eigenvalue weighted by Gasteiger charge is 2.19. The minimum atomic E-state index is -0.210. The van der Waals surface area contributed by atoms with Crippen LogP contribution in [0.25, 0.3) is 0 Å². The molecule has 0 aliphatic heterocycles. The van der Waals surface area contributed by atoms with Crippen molar-refractivity contribution in [3.8, 4) is 0 Å². The molecule has 0 aliphatic carbocycles. The van der Waals surface area contributed by atoms with Gasteiger partial charge in [-0.2, -0.15) is 0 Å². The second-order valence-corrected chi connectivity index (χ2v) is 6.29. The van der Waals surface area contributed by atoms with E-state index < -0.39 is 0 Å². The van der Waals surface area contributed by atoms with Crippen LogP contribution in [0.2, 0.25) is 0 Å². The van der Waals surface area contributed by atoms with Crippen molar-refractivity contribution in [1.29, 1.82) is 0 Å². The summed E-state index contributed by atoms with van der Waals surface area (Å²) in [4.78, 5) is 6.18. The highest BCUT2D eigenvalue weighted by atomic mass is 19.1. The first-order chi connectivity index (χ1) is 9.30. The molecule has 1 aromatic heterocycles. The monoisotopic (exact) mass is 281 g/mol. The summed E-state index contributed by atoms with van der Waals surface area (Å²) in [5.74, 6) is 0.241. The van der Waals surface area contributed by atoms with Crippen LogP contribution in [0.4, 0.5) is 10.2 Å². The Labute approximate surface area is 122 Å². The second-order valence-electron chi connectivity index (χ2n) is 6.29. The molecule has 0 amide bonds. The van der Waals surface area contributed by atoms with E-state index in [1.807, 2.05) is 11.9 Å². The van der Waals surface area contributed by atoms with Crippen LogP contribution in [0.1, 0.15) is 53.0 Å². The van der Waals surface area contributed by atoms with E-state index in [2.05, 4.69) is 44.9 Å². The van der Waals surface area contributed by atoms with E-state index in [-0.39, 0.29) is 11.4 Å². The first kappa shape index (κ1) is 16.9. The van der Waals surface area contributed by atoms with Crippen molar-refractivity contribution in [3.63, 3.8) is 0 Å². The van der Waals surface area contributed by atoms with Gasteiger partial charge in [-0.3, -0.25) is 0 Å². The SMILES string of the molecule is CCC(CC)N(C)c1nccc(CNC(C)(C)C)c1F. The number of hydrogen-bond acceptors (Lipinski definition) is 3. The predicted octanol–water partition coefficient (Wildman–Crippen LogP) is 3.73. The molecule has 20 heavy (non-hydrogen) atoms. The number of halogens is 1. The summed E-state index contributed by atoms with van der Waals surface area (Å²) in [6.45, 7) is 11.0. The summed E-state index contributed by atoms with van der Waals surface area (Å²) >= 11 is 0. The number of nitrogens with one attached hydrogen (secondary N) is 1. The quantitative estimate of drug-likeness (QED) is 0.861. The summed E-state index contributed by atoms with van der Waals surface area (Å²) in [5, 5.41) is 3.32. The minimum absolute atomic E-state index is 0.0306. The molecule has 0 radical (unpaired) electrons. The lowest BCUT2D eigenvalue weighted by Crippen LogP contribution is -2.36.